The Labute approximate surface area is 127 Å². The first-order valence-corrected chi connectivity index (χ1v) is 8.23. The summed E-state index contributed by atoms with van der Waals surface area (Å²) in [5.41, 5.74) is 1.31. The largest absolute Gasteiger partial charge is 0.480 e. The van der Waals surface area contributed by atoms with Crippen LogP contribution >= 0.6 is 0 Å². The van der Waals surface area contributed by atoms with E-state index in [1.54, 1.807) is 0 Å². The third-order valence-electron chi connectivity index (χ3n) is 5.43. The van der Waals surface area contributed by atoms with Crippen LogP contribution in [0.1, 0.15) is 38.2 Å². The molecule has 3 heteroatoms. The first kappa shape index (κ1) is 14.6. The Morgan fingerprint density at radius 2 is 2.10 bits per heavy atom. The first-order valence-electron chi connectivity index (χ1n) is 8.23. The van der Waals surface area contributed by atoms with Crippen LogP contribution in [0.2, 0.25) is 0 Å². The summed E-state index contributed by atoms with van der Waals surface area (Å²) in [5, 5.41) is 9.70. The van der Waals surface area contributed by atoms with Gasteiger partial charge in [-0.15, -0.1) is 0 Å². The third-order valence-corrected chi connectivity index (χ3v) is 5.43. The SMILES string of the molecule is CCC(Cc1ccccc1)N1CC2CCCC2C1C(=O)O. The molecular weight excluding hydrogens is 262 g/mol. The normalized spacial score (nSPS) is 30.2. The Morgan fingerprint density at radius 3 is 2.76 bits per heavy atom. The van der Waals surface area contributed by atoms with E-state index in [9.17, 15) is 9.90 Å². The van der Waals surface area contributed by atoms with E-state index < -0.39 is 5.97 Å². The Kier molecular flexibility index (Phi) is 4.29. The van der Waals surface area contributed by atoms with E-state index in [4.69, 9.17) is 0 Å². The van der Waals surface area contributed by atoms with Gasteiger partial charge in [-0.3, -0.25) is 9.69 Å². The van der Waals surface area contributed by atoms with E-state index in [0.717, 1.165) is 25.8 Å². The molecule has 1 saturated carbocycles. The van der Waals surface area contributed by atoms with Gasteiger partial charge in [-0.05, 0) is 43.1 Å². The molecule has 4 unspecified atom stereocenters. The van der Waals surface area contributed by atoms with Gasteiger partial charge in [0.25, 0.3) is 0 Å². The molecule has 1 N–H and O–H groups in total. The molecule has 2 fully saturated rings. The van der Waals surface area contributed by atoms with Crippen LogP contribution in [0.5, 0.6) is 0 Å². The van der Waals surface area contributed by atoms with E-state index in [2.05, 4.69) is 36.1 Å². The van der Waals surface area contributed by atoms with E-state index in [-0.39, 0.29) is 6.04 Å². The summed E-state index contributed by atoms with van der Waals surface area (Å²) in [6, 6.07) is 10.5. The van der Waals surface area contributed by atoms with Crippen molar-refractivity contribution in [3.05, 3.63) is 35.9 Å². The lowest BCUT2D eigenvalue weighted by atomic mass is 9.93. The molecule has 0 spiro atoms. The topological polar surface area (TPSA) is 40.5 Å². The van der Waals surface area contributed by atoms with Crippen LogP contribution in [0, 0.1) is 11.8 Å². The fourth-order valence-corrected chi connectivity index (χ4v) is 4.42. The standard InChI is InChI=1S/C18H25NO2/c1-2-15(11-13-7-4-3-5-8-13)19-12-14-9-6-10-16(14)17(19)18(20)21/h3-5,7-8,14-17H,2,6,9-12H2,1H3,(H,20,21). The molecule has 3 rings (SSSR count). The number of hydrogen-bond acceptors (Lipinski definition) is 2. The number of aliphatic carboxylic acids is 1. The van der Waals surface area contributed by atoms with Gasteiger partial charge >= 0.3 is 5.97 Å². The van der Waals surface area contributed by atoms with Crippen LogP contribution in [0.15, 0.2) is 30.3 Å². The summed E-state index contributed by atoms with van der Waals surface area (Å²) in [6.07, 6.45) is 5.49. The van der Waals surface area contributed by atoms with Gasteiger partial charge in [0.1, 0.15) is 6.04 Å². The fraction of sp³-hybridized carbons (Fsp3) is 0.611. The van der Waals surface area contributed by atoms with Crippen molar-refractivity contribution in [2.24, 2.45) is 11.8 Å². The van der Waals surface area contributed by atoms with Gasteiger partial charge in [-0.2, -0.15) is 0 Å². The fourth-order valence-electron chi connectivity index (χ4n) is 4.42. The van der Waals surface area contributed by atoms with Crippen molar-refractivity contribution in [3.8, 4) is 0 Å². The summed E-state index contributed by atoms with van der Waals surface area (Å²) in [5.74, 6) is 0.374. The molecule has 0 amide bonds. The van der Waals surface area contributed by atoms with Crippen molar-refractivity contribution in [2.45, 2.75) is 51.1 Å². The van der Waals surface area contributed by atoms with Crippen LogP contribution < -0.4 is 0 Å². The lowest BCUT2D eigenvalue weighted by Crippen LogP contribution is -2.46. The maximum absolute atomic E-state index is 11.8. The van der Waals surface area contributed by atoms with Crippen LogP contribution in [0.3, 0.4) is 0 Å². The van der Waals surface area contributed by atoms with Gasteiger partial charge < -0.3 is 5.11 Å². The average Bonchev–Trinajstić information content (AvgIpc) is 3.05. The molecule has 114 valence electrons. The average molecular weight is 287 g/mol. The highest BCUT2D eigenvalue weighted by Crippen LogP contribution is 2.43. The number of benzene rings is 1. The second-order valence-electron chi connectivity index (χ2n) is 6.59. The lowest BCUT2D eigenvalue weighted by molar-refractivity contribution is -0.144. The first-order chi connectivity index (χ1) is 10.2. The molecule has 1 aromatic carbocycles. The van der Waals surface area contributed by atoms with Crippen molar-refractivity contribution in [1.82, 2.24) is 4.90 Å². The van der Waals surface area contributed by atoms with Crippen molar-refractivity contribution < 1.29 is 9.90 Å². The second-order valence-corrected chi connectivity index (χ2v) is 6.59. The quantitative estimate of drug-likeness (QED) is 0.904. The summed E-state index contributed by atoms with van der Waals surface area (Å²) in [7, 11) is 0. The molecular formula is C18H25NO2. The number of fused-ring (bicyclic) bond motifs is 1. The van der Waals surface area contributed by atoms with Crippen LogP contribution in [-0.2, 0) is 11.2 Å². The predicted molar refractivity (Wildman–Crippen MR) is 83.2 cm³/mol. The minimum absolute atomic E-state index is 0.258. The Bertz CT molecular complexity index is 487. The predicted octanol–water partition coefficient (Wildman–Crippen LogP) is 3.19. The molecule has 21 heavy (non-hydrogen) atoms. The highest BCUT2D eigenvalue weighted by Gasteiger charge is 2.49. The van der Waals surface area contributed by atoms with Gasteiger partial charge in [0.2, 0.25) is 0 Å². The molecule has 0 aromatic heterocycles. The zero-order chi connectivity index (χ0) is 14.8. The zero-order valence-electron chi connectivity index (χ0n) is 12.7. The third kappa shape index (κ3) is 2.84. The van der Waals surface area contributed by atoms with Crippen molar-refractivity contribution in [3.63, 3.8) is 0 Å². The Balaban J connectivity index is 1.78. The molecule has 1 aliphatic heterocycles. The second kappa shape index (κ2) is 6.18. The van der Waals surface area contributed by atoms with E-state index in [1.807, 2.05) is 6.07 Å². The molecule has 0 bridgehead atoms. The minimum Gasteiger partial charge on any atom is -0.480 e. The maximum Gasteiger partial charge on any atom is 0.321 e. The molecule has 1 heterocycles. The van der Waals surface area contributed by atoms with Gasteiger partial charge in [0.05, 0.1) is 0 Å². The number of carboxylic acids is 1. The monoisotopic (exact) mass is 287 g/mol. The van der Waals surface area contributed by atoms with Gasteiger partial charge in [-0.25, -0.2) is 0 Å². The highest BCUT2D eigenvalue weighted by atomic mass is 16.4. The van der Waals surface area contributed by atoms with Crippen LogP contribution in [0.25, 0.3) is 0 Å². The van der Waals surface area contributed by atoms with Crippen LogP contribution in [0.4, 0.5) is 0 Å². The van der Waals surface area contributed by atoms with Crippen molar-refractivity contribution in [2.75, 3.05) is 6.54 Å². The molecule has 1 aliphatic carbocycles. The van der Waals surface area contributed by atoms with E-state index in [1.165, 1.54) is 18.4 Å². The maximum atomic E-state index is 11.8. The number of hydrogen-bond donors (Lipinski definition) is 1. The molecule has 0 radical (unpaired) electrons. The molecule has 4 atom stereocenters. The van der Waals surface area contributed by atoms with E-state index in [0.29, 0.717) is 17.9 Å². The van der Waals surface area contributed by atoms with Gasteiger partial charge in [0.15, 0.2) is 0 Å². The zero-order valence-corrected chi connectivity index (χ0v) is 12.7. The minimum atomic E-state index is -0.615. The number of nitrogens with zero attached hydrogens (tertiary/aromatic N) is 1. The summed E-state index contributed by atoms with van der Waals surface area (Å²) in [6.45, 7) is 3.16. The highest BCUT2D eigenvalue weighted by molar-refractivity contribution is 5.74. The number of carboxylic acid groups (broad SMARTS) is 1. The number of carbonyl (C=O) groups is 1. The number of rotatable bonds is 5. The smallest absolute Gasteiger partial charge is 0.321 e. The molecule has 1 saturated heterocycles. The Morgan fingerprint density at radius 1 is 1.33 bits per heavy atom. The van der Waals surface area contributed by atoms with E-state index >= 15 is 0 Å². The van der Waals surface area contributed by atoms with Crippen molar-refractivity contribution in [1.29, 1.82) is 0 Å². The van der Waals surface area contributed by atoms with Gasteiger partial charge in [0, 0.05) is 12.6 Å². The summed E-state index contributed by atoms with van der Waals surface area (Å²) >= 11 is 0. The molecule has 2 aliphatic rings. The van der Waals surface area contributed by atoms with Crippen LogP contribution in [-0.4, -0.2) is 34.6 Å². The lowest BCUT2D eigenvalue weighted by Gasteiger charge is -2.32. The molecule has 1 aromatic rings. The molecule has 3 nitrogen and oxygen atoms in total. The summed E-state index contributed by atoms with van der Waals surface area (Å²) < 4.78 is 0. The Hall–Kier alpha value is -1.35. The number of likely N-dealkylation sites (tertiary alicyclic amines) is 1. The van der Waals surface area contributed by atoms with Gasteiger partial charge in [-0.1, -0.05) is 43.7 Å². The summed E-state index contributed by atoms with van der Waals surface area (Å²) in [4.78, 5) is 14.1. The van der Waals surface area contributed by atoms with Crippen molar-refractivity contribution >= 4 is 5.97 Å².